The highest BCUT2D eigenvalue weighted by Crippen LogP contribution is 2.32. The highest BCUT2D eigenvalue weighted by Gasteiger charge is 2.35. The maximum atomic E-state index is 13.8. The van der Waals surface area contributed by atoms with Crippen molar-refractivity contribution in [2.24, 2.45) is 0 Å². The molecule has 1 heterocycles. The molecule has 5 heteroatoms. The number of amides is 1. The van der Waals surface area contributed by atoms with E-state index < -0.39 is 17.6 Å². The number of carbonyl (C=O) groups excluding carboxylic acids is 1. The van der Waals surface area contributed by atoms with Gasteiger partial charge in [-0.1, -0.05) is 29.1 Å². The average Bonchev–Trinajstić information content (AvgIpc) is 2.80. The molecule has 21 heavy (non-hydrogen) atoms. The van der Waals surface area contributed by atoms with Gasteiger partial charge >= 0.3 is 0 Å². The zero-order valence-corrected chi connectivity index (χ0v) is 12.9. The van der Waals surface area contributed by atoms with Crippen molar-refractivity contribution >= 4 is 21.8 Å². The average molecular weight is 354 g/mol. The SMILES string of the molecule is C=C(Br)/C=C\C(=C)N1CCC(c2cc(F)ccc2F)C1=O. The summed E-state index contributed by atoms with van der Waals surface area (Å²) >= 11 is 3.18. The molecule has 0 aromatic heterocycles. The predicted molar refractivity (Wildman–Crippen MR) is 81.8 cm³/mol. The first-order valence-electron chi connectivity index (χ1n) is 6.38. The van der Waals surface area contributed by atoms with Gasteiger partial charge in [-0.15, -0.1) is 0 Å². The second kappa shape index (κ2) is 6.35. The van der Waals surface area contributed by atoms with Crippen LogP contribution in [0.5, 0.6) is 0 Å². The van der Waals surface area contributed by atoms with Crippen molar-refractivity contribution in [3.63, 3.8) is 0 Å². The van der Waals surface area contributed by atoms with E-state index in [0.29, 0.717) is 23.1 Å². The number of nitrogens with zero attached hydrogens (tertiary/aromatic N) is 1. The molecule has 1 saturated heterocycles. The van der Waals surface area contributed by atoms with Crippen molar-refractivity contribution in [2.45, 2.75) is 12.3 Å². The summed E-state index contributed by atoms with van der Waals surface area (Å²) in [5, 5.41) is 0. The van der Waals surface area contributed by atoms with Crippen LogP contribution in [0.15, 0.2) is 53.7 Å². The zero-order valence-electron chi connectivity index (χ0n) is 11.3. The van der Waals surface area contributed by atoms with Crippen LogP contribution in [0.25, 0.3) is 0 Å². The van der Waals surface area contributed by atoms with E-state index in [1.807, 2.05) is 0 Å². The molecule has 1 unspecified atom stereocenters. The molecule has 2 nitrogen and oxygen atoms in total. The molecule has 0 N–H and O–H groups in total. The number of hydrogen-bond acceptors (Lipinski definition) is 1. The van der Waals surface area contributed by atoms with E-state index in [1.165, 1.54) is 4.90 Å². The largest absolute Gasteiger partial charge is 0.312 e. The van der Waals surface area contributed by atoms with Crippen LogP contribution in [0.2, 0.25) is 0 Å². The van der Waals surface area contributed by atoms with Crippen LogP contribution in [0.3, 0.4) is 0 Å². The van der Waals surface area contributed by atoms with E-state index >= 15 is 0 Å². The topological polar surface area (TPSA) is 20.3 Å². The first-order valence-corrected chi connectivity index (χ1v) is 7.17. The third kappa shape index (κ3) is 3.47. The second-order valence-electron chi connectivity index (χ2n) is 4.77. The minimum atomic E-state index is -0.668. The summed E-state index contributed by atoms with van der Waals surface area (Å²) in [5.74, 6) is -2.05. The van der Waals surface area contributed by atoms with Crippen LogP contribution in [0.1, 0.15) is 17.9 Å². The van der Waals surface area contributed by atoms with E-state index in [1.54, 1.807) is 12.2 Å². The van der Waals surface area contributed by atoms with E-state index in [2.05, 4.69) is 29.1 Å². The van der Waals surface area contributed by atoms with Crippen molar-refractivity contribution in [2.75, 3.05) is 6.54 Å². The molecule has 0 aliphatic carbocycles. The maximum Gasteiger partial charge on any atom is 0.234 e. The Labute approximate surface area is 130 Å². The number of halogens is 3. The van der Waals surface area contributed by atoms with Crippen molar-refractivity contribution in [1.29, 1.82) is 0 Å². The molecule has 1 aromatic carbocycles. The summed E-state index contributed by atoms with van der Waals surface area (Å²) in [6, 6.07) is 3.17. The number of benzene rings is 1. The van der Waals surface area contributed by atoms with Gasteiger partial charge in [0, 0.05) is 22.3 Å². The number of carbonyl (C=O) groups is 1. The number of allylic oxidation sites excluding steroid dienone is 3. The molecule has 1 amide bonds. The van der Waals surface area contributed by atoms with E-state index in [9.17, 15) is 13.6 Å². The quantitative estimate of drug-likeness (QED) is 0.740. The fraction of sp³-hybridized carbons (Fsp3) is 0.188. The molecule has 0 spiro atoms. The number of hydrogen-bond donors (Lipinski definition) is 0. The molecule has 110 valence electrons. The smallest absolute Gasteiger partial charge is 0.234 e. The Morgan fingerprint density at radius 3 is 2.71 bits per heavy atom. The van der Waals surface area contributed by atoms with Gasteiger partial charge in [0.2, 0.25) is 5.91 Å². The van der Waals surface area contributed by atoms with Gasteiger partial charge in [0.25, 0.3) is 0 Å². The summed E-state index contributed by atoms with van der Waals surface area (Å²) in [7, 11) is 0. The van der Waals surface area contributed by atoms with Crippen LogP contribution >= 0.6 is 15.9 Å². The molecule has 2 rings (SSSR count). The molecular formula is C16H14BrF2NO. The maximum absolute atomic E-state index is 13.8. The highest BCUT2D eigenvalue weighted by molar-refractivity contribution is 9.11. The standard InChI is InChI=1S/C16H14BrF2NO/c1-10(17)3-4-11(2)20-8-7-13(16(20)21)14-9-12(18)5-6-15(14)19/h3-6,9,13H,1-2,7-8H2/b4-3-. The molecule has 1 fully saturated rings. The van der Waals surface area contributed by atoms with E-state index in [-0.39, 0.29) is 11.5 Å². The van der Waals surface area contributed by atoms with Gasteiger partial charge in [-0.3, -0.25) is 4.79 Å². The lowest BCUT2D eigenvalue weighted by Crippen LogP contribution is -2.25. The monoisotopic (exact) mass is 353 g/mol. The number of likely N-dealkylation sites (tertiary alicyclic amines) is 1. The molecule has 1 aromatic rings. The van der Waals surface area contributed by atoms with Gasteiger partial charge in [-0.2, -0.15) is 0 Å². The predicted octanol–water partition coefficient (Wildman–Crippen LogP) is 4.26. The Hall–Kier alpha value is -1.75. The lowest BCUT2D eigenvalue weighted by atomic mass is 9.97. The van der Waals surface area contributed by atoms with E-state index in [0.717, 1.165) is 18.2 Å². The summed E-state index contributed by atoms with van der Waals surface area (Å²) in [6.07, 6.45) is 3.76. The first kappa shape index (κ1) is 15.6. The Morgan fingerprint density at radius 1 is 1.33 bits per heavy atom. The summed E-state index contributed by atoms with van der Waals surface area (Å²) in [6.45, 7) is 7.89. The van der Waals surface area contributed by atoms with Gasteiger partial charge in [-0.25, -0.2) is 8.78 Å². The molecular weight excluding hydrogens is 340 g/mol. The third-order valence-electron chi connectivity index (χ3n) is 3.34. The van der Waals surface area contributed by atoms with Crippen LogP contribution in [-0.4, -0.2) is 17.4 Å². The second-order valence-corrected chi connectivity index (χ2v) is 5.79. The lowest BCUT2D eigenvalue weighted by Gasteiger charge is -2.17. The fourth-order valence-electron chi connectivity index (χ4n) is 2.31. The Kier molecular flexibility index (Phi) is 4.73. The van der Waals surface area contributed by atoms with Gasteiger partial charge in [0.1, 0.15) is 11.6 Å². The Morgan fingerprint density at radius 2 is 2.05 bits per heavy atom. The minimum absolute atomic E-state index is 0.101. The van der Waals surface area contributed by atoms with Gasteiger partial charge in [0.15, 0.2) is 0 Å². The molecule has 0 saturated carbocycles. The normalized spacial score (nSPS) is 18.5. The van der Waals surface area contributed by atoms with Crippen molar-refractivity contribution < 1.29 is 13.6 Å². The van der Waals surface area contributed by atoms with Gasteiger partial charge < -0.3 is 4.90 Å². The molecule has 1 aliphatic heterocycles. The van der Waals surface area contributed by atoms with Crippen LogP contribution in [0.4, 0.5) is 8.78 Å². The number of rotatable bonds is 4. The fourth-order valence-corrected chi connectivity index (χ4v) is 2.44. The summed E-state index contributed by atoms with van der Waals surface area (Å²) in [5.41, 5.74) is 0.601. The Balaban J connectivity index is 2.20. The van der Waals surface area contributed by atoms with Crippen LogP contribution in [-0.2, 0) is 4.79 Å². The molecule has 1 aliphatic rings. The summed E-state index contributed by atoms with van der Waals surface area (Å²) in [4.78, 5) is 13.8. The zero-order chi connectivity index (χ0) is 15.6. The van der Waals surface area contributed by atoms with Crippen molar-refractivity contribution in [1.82, 2.24) is 4.90 Å². The van der Waals surface area contributed by atoms with Gasteiger partial charge in [-0.05, 0) is 36.8 Å². The highest BCUT2D eigenvalue weighted by atomic mass is 79.9. The molecule has 0 radical (unpaired) electrons. The van der Waals surface area contributed by atoms with Crippen LogP contribution < -0.4 is 0 Å². The van der Waals surface area contributed by atoms with Gasteiger partial charge in [0.05, 0.1) is 5.92 Å². The van der Waals surface area contributed by atoms with Crippen molar-refractivity contribution in [3.05, 3.63) is 70.9 Å². The summed E-state index contributed by atoms with van der Waals surface area (Å²) < 4.78 is 27.7. The molecule has 0 bridgehead atoms. The molecule has 1 atom stereocenters. The lowest BCUT2D eigenvalue weighted by molar-refractivity contribution is -0.127. The van der Waals surface area contributed by atoms with E-state index in [4.69, 9.17) is 0 Å². The minimum Gasteiger partial charge on any atom is -0.312 e. The Bertz CT molecular complexity index is 639. The first-order chi connectivity index (χ1) is 9.90. The third-order valence-corrected chi connectivity index (χ3v) is 3.61. The van der Waals surface area contributed by atoms with Crippen LogP contribution in [0, 0.1) is 11.6 Å². The van der Waals surface area contributed by atoms with Crippen molar-refractivity contribution in [3.8, 4) is 0 Å².